The molecule has 7 nitrogen and oxygen atoms in total. The second-order valence-electron chi connectivity index (χ2n) is 4.27. The number of rotatable bonds is 9. The minimum atomic E-state index is -0.948. The normalized spacial score (nSPS) is 10.2. The molecule has 0 atom stereocenters. The van der Waals surface area contributed by atoms with Gasteiger partial charge in [-0.3, -0.25) is 0 Å². The number of carbonyl (C=O) groups is 1. The highest BCUT2D eigenvalue weighted by molar-refractivity contribution is 9.10. The SMILES string of the molecule is COCC(OC)OC.COCCNc1ccc(Br)cc1C(=O)O. The van der Waals surface area contributed by atoms with Crippen molar-refractivity contribution >= 4 is 27.6 Å². The van der Waals surface area contributed by atoms with Gasteiger partial charge in [0.2, 0.25) is 0 Å². The van der Waals surface area contributed by atoms with E-state index in [9.17, 15) is 4.79 Å². The largest absolute Gasteiger partial charge is 0.478 e. The number of methoxy groups -OCH3 is 4. The van der Waals surface area contributed by atoms with Crippen LogP contribution < -0.4 is 5.32 Å². The Morgan fingerprint density at radius 2 is 1.87 bits per heavy atom. The number of carboxylic acids is 1. The van der Waals surface area contributed by atoms with Gasteiger partial charge in [0.25, 0.3) is 0 Å². The lowest BCUT2D eigenvalue weighted by Gasteiger charge is -2.10. The summed E-state index contributed by atoms with van der Waals surface area (Å²) in [7, 11) is 6.35. The number of halogens is 1. The molecule has 0 spiro atoms. The van der Waals surface area contributed by atoms with Gasteiger partial charge in [0.1, 0.15) is 0 Å². The van der Waals surface area contributed by atoms with Crippen LogP contribution in [0.4, 0.5) is 5.69 Å². The van der Waals surface area contributed by atoms with E-state index in [-0.39, 0.29) is 11.9 Å². The highest BCUT2D eigenvalue weighted by Crippen LogP contribution is 2.20. The molecule has 8 heteroatoms. The Labute approximate surface area is 145 Å². The predicted molar refractivity (Wildman–Crippen MR) is 91.1 cm³/mol. The van der Waals surface area contributed by atoms with Crippen LogP contribution in [0.1, 0.15) is 10.4 Å². The van der Waals surface area contributed by atoms with Crippen molar-refractivity contribution < 1.29 is 28.8 Å². The maximum absolute atomic E-state index is 10.9. The number of aromatic carboxylic acids is 1. The van der Waals surface area contributed by atoms with E-state index in [2.05, 4.69) is 21.2 Å². The molecule has 0 saturated carbocycles. The summed E-state index contributed by atoms with van der Waals surface area (Å²) in [6.07, 6.45) is -0.222. The predicted octanol–water partition coefficient (Wildman–Crippen LogP) is 2.46. The number of hydrogen-bond acceptors (Lipinski definition) is 6. The van der Waals surface area contributed by atoms with Crippen molar-refractivity contribution in [3.63, 3.8) is 0 Å². The average molecular weight is 394 g/mol. The number of benzene rings is 1. The van der Waals surface area contributed by atoms with E-state index in [1.54, 1.807) is 46.6 Å². The maximum Gasteiger partial charge on any atom is 0.337 e. The Kier molecular flexibility index (Phi) is 12.6. The summed E-state index contributed by atoms with van der Waals surface area (Å²) in [5.41, 5.74) is 0.850. The monoisotopic (exact) mass is 393 g/mol. The quantitative estimate of drug-likeness (QED) is 0.492. The van der Waals surface area contributed by atoms with Crippen LogP contribution in [-0.4, -0.2) is 65.6 Å². The van der Waals surface area contributed by atoms with Gasteiger partial charge in [0, 0.05) is 45.1 Å². The van der Waals surface area contributed by atoms with Crippen molar-refractivity contribution in [2.75, 3.05) is 53.5 Å². The Hall–Kier alpha value is -1.19. The molecule has 0 saturated heterocycles. The molecule has 1 rings (SSSR count). The fraction of sp³-hybridized carbons (Fsp3) is 0.533. The fourth-order valence-corrected chi connectivity index (χ4v) is 1.86. The van der Waals surface area contributed by atoms with E-state index < -0.39 is 5.97 Å². The first-order valence-electron chi connectivity index (χ1n) is 6.80. The van der Waals surface area contributed by atoms with Crippen molar-refractivity contribution in [1.82, 2.24) is 0 Å². The van der Waals surface area contributed by atoms with Crippen molar-refractivity contribution in [3.8, 4) is 0 Å². The molecule has 0 unspecified atom stereocenters. The van der Waals surface area contributed by atoms with Gasteiger partial charge in [-0.15, -0.1) is 0 Å². The van der Waals surface area contributed by atoms with Crippen molar-refractivity contribution in [2.45, 2.75) is 6.29 Å². The molecule has 23 heavy (non-hydrogen) atoms. The second-order valence-corrected chi connectivity index (χ2v) is 5.19. The van der Waals surface area contributed by atoms with E-state index in [4.69, 9.17) is 24.1 Å². The van der Waals surface area contributed by atoms with Gasteiger partial charge in [0.05, 0.1) is 18.8 Å². The Balaban J connectivity index is 0.000000515. The Morgan fingerprint density at radius 3 is 2.30 bits per heavy atom. The van der Waals surface area contributed by atoms with Crippen LogP contribution in [0.5, 0.6) is 0 Å². The third-order valence-electron chi connectivity index (χ3n) is 2.66. The van der Waals surface area contributed by atoms with Gasteiger partial charge in [-0.05, 0) is 18.2 Å². The molecule has 0 heterocycles. The molecule has 0 fully saturated rings. The minimum absolute atomic E-state index is 0.222. The summed E-state index contributed by atoms with van der Waals surface area (Å²) in [5.74, 6) is -0.948. The maximum atomic E-state index is 10.9. The third kappa shape index (κ3) is 9.52. The van der Waals surface area contributed by atoms with E-state index in [1.165, 1.54) is 0 Å². The van der Waals surface area contributed by atoms with Gasteiger partial charge in [-0.2, -0.15) is 0 Å². The molecular weight excluding hydrogens is 370 g/mol. The van der Waals surface area contributed by atoms with E-state index in [1.807, 2.05) is 0 Å². The summed E-state index contributed by atoms with van der Waals surface area (Å²) in [4.78, 5) is 10.9. The number of anilines is 1. The van der Waals surface area contributed by atoms with Crippen LogP contribution in [-0.2, 0) is 18.9 Å². The average Bonchev–Trinajstić information content (AvgIpc) is 2.54. The lowest BCUT2D eigenvalue weighted by Crippen LogP contribution is -2.18. The summed E-state index contributed by atoms with van der Waals surface area (Å²) < 4.78 is 19.9. The molecule has 0 amide bonds. The first-order chi connectivity index (χ1) is 11.0. The van der Waals surface area contributed by atoms with Crippen LogP contribution in [0.3, 0.4) is 0 Å². The van der Waals surface area contributed by atoms with Crippen LogP contribution in [0.15, 0.2) is 22.7 Å². The van der Waals surface area contributed by atoms with E-state index in [0.717, 1.165) is 4.47 Å². The highest BCUT2D eigenvalue weighted by atomic mass is 79.9. The number of ether oxygens (including phenoxy) is 4. The molecule has 1 aromatic rings. The standard InChI is InChI=1S/C10H12BrNO3.C5H12O3/c1-15-5-4-12-9-3-2-7(11)6-8(9)10(13)14;1-6-4-5(7-2)8-3/h2-3,6,12H,4-5H2,1H3,(H,13,14);5H,4H2,1-3H3. The molecule has 0 radical (unpaired) electrons. The summed E-state index contributed by atoms with van der Waals surface area (Å²) in [6, 6.07) is 5.09. The first-order valence-corrected chi connectivity index (χ1v) is 7.59. The topological polar surface area (TPSA) is 86.3 Å². The van der Waals surface area contributed by atoms with Crippen molar-refractivity contribution in [2.24, 2.45) is 0 Å². The van der Waals surface area contributed by atoms with Crippen LogP contribution in [0.25, 0.3) is 0 Å². The van der Waals surface area contributed by atoms with Gasteiger partial charge < -0.3 is 29.4 Å². The highest BCUT2D eigenvalue weighted by Gasteiger charge is 2.09. The molecule has 132 valence electrons. The zero-order valence-corrected chi connectivity index (χ0v) is 15.4. The Morgan fingerprint density at radius 1 is 1.22 bits per heavy atom. The minimum Gasteiger partial charge on any atom is -0.478 e. The van der Waals surface area contributed by atoms with Crippen LogP contribution in [0.2, 0.25) is 0 Å². The van der Waals surface area contributed by atoms with Crippen molar-refractivity contribution in [1.29, 1.82) is 0 Å². The van der Waals surface area contributed by atoms with Gasteiger partial charge in [-0.1, -0.05) is 15.9 Å². The van der Waals surface area contributed by atoms with E-state index >= 15 is 0 Å². The molecule has 2 N–H and O–H groups in total. The number of carboxylic acid groups (broad SMARTS) is 1. The zero-order valence-electron chi connectivity index (χ0n) is 13.8. The van der Waals surface area contributed by atoms with Crippen LogP contribution >= 0.6 is 15.9 Å². The summed E-state index contributed by atoms with van der Waals surface area (Å²) in [6.45, 7) is 1.60. The molecule has 0 bridgehead atoms. The molecule has 0 aliphatic carbocycles. The van der Waals surface area contributed by atoms with Gasteiger partial charge in [0.15, 0.2) is 6.29 Å². The summed E-state index contributed by atoms with van der Waals surface area (Å²) >= 11 is 3.23. The Bertz CT molecular complexity index is 454. The van der Waals surface area contributed by atoms with Gasteiger partial charge in [-0.25, -0.2) is 4.79 Å². The zero-order chi connectivity index (χ0) is 17.7. The van der Waals surface area contributed by atoms with Gasteiger partial charge >= 0.3 is 5.97 Å². The first kappa shape index (κ1) is 21.8. The second kappa shape index (κ2) is 13.3. The van der Waals surface area contributed by atoms with E-state index in [0.29, 0.717) is 25.4 Å². The molecule has 0 aliphatic rings. The third-order valence-corrected chi connectivity index (χ3v) is 3.16. The summed E-state index contributed by atoms with van der Waals surface area (Å²) in [5, 5.41) is 12.0. The number of hydrogen-bond donors (Lipinski definition) is 2. The fourth-order valence-electron chi connectivity index (χ4n) is 1.50. The number of nitrogens with one attached hydrogen (secondary N) is 1. The van der Waals surface area contributed by atoms with Crippen molar-refractivity contribution in [3.05, 3.63) is 28.2 Å². The molecule has 0 aliphatic heterocycles. The lowest BCUT2D eigenvalue weighted by atomic mass is 10.2. The molecular formula is C15H24BrNO6. The lowest BCUT2D eigenvalue weighted by molar-refractivity contribution is -0.133. The van der Waals surface area contributed by atoms with Crippen LogP contribution in [0, 0.1) is 0 Å². The smallest absolute Gasteiger partial charge is 0.337 e. The molecule has 0 aromatic heterocycles. The molecule has 1 aromatic carbocycles.